The number of aromatic nitrogens is 2. The van der Waals surface area contributed by atoms with E-state index < -0.39 is 28.1 Å². The largest absolute Gasteiger partial charge is 0.418 e. The van der Waals surface area contributed by atoms with Crippen molar-refractivity contribution in [3.05, 3.63) is 61.5 Å². The molecule has 0 atom stereocenters. The van der Waals surface area contributed by atoms with Crippen LogP contribution in [-0.4, -0.2) is 15.0 Å². The van der Waals surface area contributed by atoms with Crippen LogP contribution >= 0.6 is 34.8 Å². The van der Waals surface area contributed by atoms with E-state index in [-0.39, 0.29) is 21.3 Å². The van der Waals surface area contributed by atoms with Crippen LogP contribution in [0.3, 0.4) is 0 Å². The van der Waals surface area contributed by atoms with Crippen LogP contribution in [-0.2, 0) is 11.0 Å². The van der Waals surface area contributed by atoms with Crippen LogP contribution < -0.4 is 5.56 Å². The van der Waals surface area contributed by atoms with Gasteiger partial charge in [-0.1, -0.05) is 23.2 Å². The van der Waals surface area contributed by atoms with Gasteiger partial charge >= 0.3 is 6.18 Å². The van der Waals surface area contributed by atoms with E-state index in [1.165, 1.54) is 24.3 Å². The number of carbonyl (C=O) groups excluding carboxylic acids is 1. The molecule has 0 aliphatic carbocycles. The molecular formula is C15H8Cl3F3N2O2. The second-order valence-corrected chi connectivity index (χ2v) is 6.03. The first kappa shape index (κ1) is 19.5. The first-order valence-electron chi connectivity index (χ1n) is 6.55. The van der Waals surface area contributed by atoms with Gasteiger partial charge in [0.25, 0.3) is 10.8 Å². The summed E-state index contributed by atoms with van der Waals surface area (Å²) in [4.78, 5) is 23.2. The van der Waals surface area contributed by atoms with E-state index >= 15 is 0 Å². The first-order valence-corrected chi connectivity index (χ1v) is 7.69. The van der Waals surface area contributed by atoms with E-state index in [1.54, 1.807) is 0 Å². The van der Waals surface area contributed by atoms with E-state index in [4.69, 9.17) is 34.8 Å². The highest BCUT2D eigenvalue weighted by atomic mass is 35.5. The SMILES string of the molecule is Cc1c(C(F)(F)F)cnn(-c2ccc(Cl)c(C=C(Cl)C(=O)Cl)c2)c1=O. The molecule has 1 aromatic heterocycles. The van der Waals surface area contributed by atoms with Crippen LogP contribution in [0, 0.1) is 6.92 Å². The van der Waals surface area contributed by atoms with Gasteiger partial charge in [0.1, 0.15) is 5.03 Å². The molecule has 0 aliphatic rings. The first-order chi connectivity index (χ1) is 11.5. The monoisotopic (exact) mass is 410 g/mol. The quantitative estimate of drug-likeness (QED) is 0.550. The fourth-order valence-corrected chi connectivity index (χ4v) is 2.32. The highest BCUT2D eigenvalue weighted by Crippen LogP contribution is 2.30. The van der Waals surface area contributed by atoms with Gasteiger partial charge in [-0.05, 0) is 48.4 Å². The summed E-state index contributed by atoms with van der Waals surface area (Å²) in [6, 6.07) is 4.11. The van der Waals surface area contributed by atoms with Crippen molar-refractivity contribution in [3.8, 4) is 5.69 Å². The Morgan fingerprint density at radius 2 is 1.92 bits per heavy atom. The summed E-state index contributed by atoms with van der Waals surface area (Å²) in [5, 5.41) is 2.52. The van der Waals surface area contributed by atoms with Crippen molar-refractivity contribution in [1.29, 1.82) is 0 Å². The summed E-state index contributed by atoms with van der Waals surface area (Å²) in [5.41, 5.74) is -2.16. The highest BCUT2D eigenvalue weighted by Gasteiger charge is 2.34. The molecule has 0 fully saturated rings. The molecule has 25 heavy (non-hydrogen) atoms. The zero-order valence-electron chi connectivity index (χ0n) is 12.4. The fourth-order valence-electron chi connectivity index (χ4n) is 1.98. The molecule has 0 spiro atoms. The minimum Gasteiger partial charge on any atom is -0.275 e. The van der Waals surface area contributed by atoms with Gasteiger partial charge in [-0.25, -0.2) is 0 Å². The smallest absolute Gasteiger partial charge is 0.275 e. The van der Waals surface area contributed by atoms with E-state index in [0.717, 1.165) is 11.6 Å². The van der Waals surface area contributed by atoms with E-state index in [9.17, 15) is 22.8 Å². The molecular weight excluding hydrogens is 404 g/mol. The molecule has 0 bridgehead atoms. The van der Waals surface area contributed by atoms with Crippen LogP contribution in [0.2, 0.25) is 5.02 Å². The molecule has 2 rings (SSSR count). The lowest BCUT2D eigenvalue weighted by atomic mass is 10.1. The Kier molecular flexibility index (Phi) is 5.61. The molecule has 1 aromatic carbocycles. The second-order valence-electron chi connectivity index (χ2n) is 4.87. The number of carbonyl (C=O) groups is 1. The Morgan fingerprint density at radius 1 is 1.28 bits per heavy atom. The van der Waals surface area contributed by atoms with E-state index in [1.807, 2.05) is 0 Å². The van der Waals surface area contributed by atoms with Gasteiger partial charge in [0, 0.05) is 10.6 Å². The Bertz CT molecular complexity index is 937. The number of alkyl halides is 3. The van der Waals surface area contributed by atoms with Crippen LogP contribution in [0.5, 0.6) is 0 Å². The lowest BCUT2D eigenvalue weighted by molar-refractivity contribution is -0.138. The minimum atomic E-state index is -4.68. The average Bonchev–Trinajstić information content (AvgIpc) is 2.50. The Morgan fingerprint density at radius 3 is 2.48 bits per heavy atom. The predicted molar refractivity (Wildman–Crippen MR) is 89.3 cm³/mol. The van der Waals surface area contributed by atoms with Crippen molar-refractivity contribution in [2.75, 3.05) is 0 Å². The van der Waals surface area contributed by atoms with Gasteiger partial charge in [-0.3, -0.25) is 9.59 Å². The molecule has 132 valence electrons. The molecule has 0 radical (unpaired) electrons. The van der Waals surface area contributed by atoms with Crippen molar-refractivity contribution in [2.24, 2.45) is 0 Å². The summed E-state index contributed by atoms with van der Waals surface area (Å²) in [5.74, 6) is 0. The van der Waals surface area contributed by atoms with Gasteiger partial charge in [0.15, 0.2) is 0 Å². The topological polar surface area (TPSA) is 52.0 Å². The number of rotatable bonds is 3. The summed E-state index contributed by atoms with van der Waals surface area (Å²) < 4.78 is 39.3. The van der Waals surface area contributed by atoms with Crippen LogP contribution in [0.15, 0.2) is 34.2 Å². The number of hydrogen-bond donors (Lipinski definition) is 0. The average molecular weight is 412 g/mol. The lowest BCUT2D eigenvalue weighted by Crippen LogP contribution is -2.27. The van der Waals surface area contributed by atoms with Crippen LogP contribution in [0.4, 0.5) is 13.2 Å². The molecule has 0 amide bonds. The molecule has 0 aliphatic heterocycles. The molecule has 10 heteroatoms. The summed E-state index contributed by atoms with van der Waals surface area (Å²) in [6.45, 7) is 1.06. The van der Waals surface area contributed by atoms with Crippen LogP contribution in [0.25, 0.3) is 11.8 Å². The molecule has 0 N–H and O–H groups in total. The minimum absolute atomic E-state index is 0.143. The van der Waals surface area contributed by atoms with Crippen LogP contribution in [0.1, 0.15) is 16.7 Å². The Labute approximate surface area is 154 Å². The molecule has 0 saturated carbocycles. The van der Waals surface area contributed by atoms with Gasteiger partial charge < -0.3 is 0 Å². The van der Waals surface area contributed by atoms with Crippen molar-refractivity contribution >= 4 is 46.1 Å². The molecule has 2 aromatic rings. The lowest BCUT2D eigenvalue weighted by Gasteiger charge is -2.12. The highest BCUT2D eigenvalue weighted by molar-refractivity contribution is 6.74. The number of halogens is 6. The maximum atomic E-state index is 12.8. The van der Waals surface area contributed by atoms with Crippen molar-refractivity contribution < 1.29 is 18.0 Å². The maximum absolute atomic E-state index is 12.8. The number of hydrogen-bond acceptors (Lipinski definition) is 3. The van der Waals surface area contributed by atoms with E-state index in [2.05, 4.69) is 5.10 Å². The normalized spacial score (nSPS) is 12.4. The van der Waals surface area contributed by atoms with Crippen molar-refractivity contribution in [2.45, 2.75) is 13.1 Å². The number of allylic oxidation sites excluding steroid dienone is 1. The third-order valence-electron chi connectivity index (χ3n) is 3.22. The molecule has 1 heterocycles. The Hall–Kier alpha value is -1.83. The fraction of sp³-hybridized carbons (Fsp3) is 0.133. The maximum Gasteiger partial charge on any atom is 0.418 e. The molecule has 0 unspecified atom stereocenters. The Balaban J connectivity index is 2.61. The standard InChI is InChI=1S/C15H8Cl3F3N2O2/c1-7-10(15(19,20)21)6-22-23(14(7)25)9-2-3-11(16)8(4-9)5-12(17)13(18)24/h2-6H,1H3. The van der Waals surface area contributed by atoms with E-state index in [0.29, 0.717) is 6.20 Å². The summed E-state index contributed by atoms with van der Waals surface area (Å²) >= 11 is 16.9. The molecule has 0 saturated heterocycles. The van der Waals surface area contributed by atoms with Crippen molar-refractivity contribution in [3.63, 3.8) is 0 Å². The number of benzene rings is 1. The predicted octanol–water partition coefficient (Wildman–Crippen LogP) is 4.56. The third-order valence-corrected chi connectivity index (χ3v) is 4.14. The van der Waals surface area contributed by atoms with Gasteiger partial charge in [-0.15, -0.1) is 0 Å². The van der Waals surface area contributed by atoms with Gasteiger partial charge in [0.2, 0.25) is 0 Å². The third kappa shape index (κ3) is 4.23. The zero-order valence-corrected chi connectivity index (χ0v) is 14.6. The second kappa shape index (κ2) is 7.19. The summed E-state index contributed by atoms with van der Waals surface area (Å²) in [6.07, 6.45) is -2.95. The molecule has 4 nitrogen and oxygen atoms in total. The van der Waals surface area contributed by atoms with Gasteiger partial charge in [0.05, 0.1) is 17.4 Å². The zero-order chi connectivity index (χ0) is 18.9. The summed E-state index contributed by atoms with van der Waals surface area (Å²) in [7, 11) is 0. The number of nitrogens with zero attached hydrogens (tertiary/aromatic N) is 2. The van der Waals surface area contributed by atoms with Gasteiger partial charge in [-0.2, -0.15) is 23.0 Å². The van der Waals surface area contributed by atoms with Crippen molar-refractivity contribution in [1.82, 2.24) is 9.78 Å².